The zero-order valence-corrected chi connectivity index (χ0v) is 12.3. The number of halogens is 3. The molecule has 3 rings (SSSR count). The number of pyridine rings is 1. The molecule has 1 atom stereocenters. The van der Waals surface area contributed by atoms with Crippen LogP contribution in [0.15, 0.2) is 23.1 Å². The summed E-state index contributed by atoms with van der Waals surface area (Å²) in [6, 6.07) is 0.689. The van der Waals surface area contributed by atoms with Gasteiger partial charge in [-0.15, -0.1) is 0 Å². The Morgan fingerprint density at radius 2 is 2.17 bits per heavy atom. The van der Waals surface area contributed by atoms with Crippen LogP contribution in [0, 0.1) is 0 Å². The van der Waals surface area contributed by atoms with Crippen molar-refractivity contribution in [3.63, 3.8) is 0 Å². The van der Waals surface area contributed by atoms with Gasteiger partial charge < -0.3 is 5.11 Å². The Morgan fingerprint density at radius 1 is 1.42 bits per heavy atom. The molecule has 1 N–H and O–H groups in total. The number of aromatic nitrogens is 4. The van der Waals surface area contributed by atoms with Crippen molar-refractivity contribution in [3.05, 3.63) is 45.9 Å². The molecule has 7 nitrogen and oxygen atoms in total. The van der Waals surface area contributed by atoms with Crippen LogP contribution in [-0.2, 0) is 23.9 Å². The molecule has 10 heteroatoms. The van der Waals surface area contributed by atoms with Crippen molar-refractivity contribution in [2.24, 2.45) is 0 Å². The highest BCUT2D eigenvalue weighted by Gasteiger charge is 2.32. The van der Waals surface area contributed by atoms with Gasteiger partial charge in [-0.3, -0.25) is 9.55 Å². The van der Waals surface area contributed by atoms with Crippen LogP contribution in [0.3, 0.4) is 0 Å². The van der Waals surface area contributed by atoms with Crippen molar-refractivity contribution >= 4 is 5.97 Å². The average Bonchev–Trinajstić information content (AvgIpc) is 2.83. The lowest BCUT2D eigenvalue weighted by atomic mass is 10.1. The van der Waals surface area contributed by atoms with Crippen molar-refractivity contribution in [1.82, 2.24) is 19.3 Å². The van der Waals surface area contributed by atoms with Gasteiger partial charge in [0.25, 0.3) is 0 Å². The number of aryl methyl sites for hydroxylation is 1. The molecule has 3 heterocycles. The fourth-order valence-electron chi connectivity index (χ4n) is 2.76. The predicted molar refractivity (Wildman–Crippen MR) is 74.4 cm³/mol. The molecule has 0 bridgehead atoms. The summed E-state index contributed by atoms with van der Waals surface area (Å²) in [6.07, 6.45) is -2.16. The van der Waals surface area contributed by atoms with Gasteiger partial charge in [-0.25, -0.2) is 14.3 Å². The van der Waals surface area contributed by atoms with E-state index in [-0.39, 0.29) is 12.2 Å². The van der Waals surface area contributed by atoms with E-state index in [4.69, 9.17) is 0 Å². The lowest BCUT2D eigenvalue weighted by molar-refractivity contribution is -0.141. The number of hydrogen-bond acceptors (Lipinski definition) is 4. The summed E-state index contributed by atoms with van der Waals surface area (Å²) in [4.78, 5) is 27.4. The number of carboxylic acid groups (broad SMARTS) is 1. The van der Waals surface area contributed by atoms with Crippen LogP contribution in [-0.4, -0.2) is 30.4 Å². The second kappa shape index (κ2) is 5.77. The Labute approximate surface area is 133 Å². The molecule has 0 saturated carbocycles. The summed E-state index contributed by atoms with van der Waals surface area (Å²) in [6.45, 7) is -0.255. The van der Waals surface area contributed by atoms with Crippen molar-refractivity contribution in [2.45, 2.75) is 38.0 Å². The second-order valence-electron chi connectivity index (χ2n) is 5.51. The third-order valence-corrected chi connectivity index (χ3v) is 3.87. The summed E-state index contributed by atoms with van der Waals surface area (Å²) in [5, 5.41) is 13.3. The summed E-state index contributed by atoms with van der Waals surface area (Å²) >= 11 is 0. The Bertz CT molecular complexity index is 841. The Morgan fingerprint density at radius 3 is 2.83 bits per heavy atom. The van der Waals surface area contributed by atoms with Crippen molar-refractivity contribution in [3.8, 4) is 0 Å². The SMILES string of the molecule is O=C(O)C1CCCc2nn(Cc3cc(C(F)(F)F)ccn3)c(=O)n21. The zero-order chi connectivity index (χ0) is 17.5. The Balaban J connectivity index is 1.95. The molecule has 0 saturated heterocycles. The molecule has 0 radical (unpaired) electrons. The first-order valence-corrected chi connectivity index (χ1v) is 7.20. The lowest BCUT2D eigenvalue weighted by Gasteiger charge is -2.19. The van der Waals surface area contributed by atoms with Gasteiger partial charge in [0.15, 0.2) is 0 Å². The summed E-state index contributed by atoms with van der Waals surface area (Å²) in [5.41, 5.74) is -1.50. The van der Waals surface area contributed by atoms with Crippen LogP contribution in [0.5, 0.6) is 0 Å². The smallest absolute Gasteiger partial charge is 0.416 e. The molecule has 1 aliphatic rings. The van der Waals surface area contributed by atoms with E-state index in [9.17, 15) is 27.9 Å². The number of aliphatic carboxylic acids is 1. The van der Waals surface area contributed by atoms with Crippen LogP contribution in [0.1, 0.15) is 36.0 Å². The van der Waals surface area contributed by atoms with Gasteiger partial charge >= 0.3 is 17.8 Å². The van der Waals surface area contributed by atoms with Gasteiger partial charge in [0.05, 0.1) is 17.8 Å². The fraction of sp³-hybridized carbons (Fsp3) is 0.429. The van der Waals surface area contributed by atoms with E-state index >= 15 is 0 Å². The second-order valence-corrected chi connectivity index (χ2v) is 5.51. The van der Waals surface area contributed by atoms with Gasteiger partial charge in [-0.2, -0.15) is 18.3 Å². The van der Waals surface area contributed by atoms with Crippen molar-refractivity contribution in [2.75, 3.05) is 0 Å². The van der Waals surface area contributed by atoms with Crippen LogP contribution in [0.4, 0.5) is 13.2 Å². The molecule has 128 valence electrons. The van der Waals surface area contributed by atoms with Crippen LogP contribution in [0.2, 0.25) is 0 Å². The van der Waals surface area contributed by atoms with Gasteiger partial charge in [0.1, 0.15) is 11.9 Å². The minimum atomic E-state index is -4.51. The number of hydrogen-bond donors (Lipinski definition) is 1. The third kappa shape index (κ3) is 2.91. The maximum Gasteiger partial charge on any atom is 0.416 e. The summed E-state index contributed by atoms with van der Waals surface area (Å²) < 4.78 is 40.2. The molecule has 2 aromatic rings. The van der Waals surface area contributed by atoms with Crippen molar-refractivity contribution < 1.29 is 23.1 Å². The third-order valence-electron chi connectivity index (χ3n) is 3.87. The van der Waals surface area contributed by atoms with Crippen LogP contribution >= 0.6 is 0 Å². The van der Waals surface area contributed by atoms with Crippen LogP contribution in [0.25, 0.3) is 0 Å². The van der Waals surface area contributed by atoms with Gasteiger partial charge in [-0.1, -0.05) is 0 Å². The van der Waals surface area contributed by atoms with E-state index in [1.165, 1.54) is 0 Å². The molecular weight excluding hydrogens is 329 g/mol. The van der Waals surface area contributed by atoms with E-state index in [0.717, 1.165) is 27.6 Å². The number of carboxylic acids is 1. The molecule has 24 heavy (non-hydrogen) atoms. The Kier molecular flexibility index (Phi) is 3.90. The van der Waals surface area contributed by atoms with Crippen molar-refractivity contribution in [1.29, 1.82) is 0 Å². The highest BCUT2D eigenvalue weighted by atomic mass is 19.4. The first-order valence-electron chi connectivity index (χ1n) is 7.20. The number of carbonyl (C=O) groups is 1. The first-order chi connectivity index (χ1) is 11.3. The molecule has 1 aliphatic heterocycles. The molecule has 0 spiro atoms. The Hall–Kier alpha value is -2.65. The van der Waals surface area contributed by atoms with E-state index in [1.807, 2.05) is 0 Å². The summed E-state index contributed by atoms with van der Waals surface area (Å²) in [5.74, 6) is -0.805. The number of fused-ring (bicyclic) bond motifs is 1. The zero-order valence-electron chi connectivity index (χ0n) is 12.3. The summed E-state index contributed by atoms with van der Waals surface area (Å²) in [7, 11) is 0. The normalized spacial score (nSPS) is 17.5. The van der Waals surface area contributed by atoms with Gasteiger partial charge in [-0.05, 0) is 25.0 Å². The minimum Gasteiger partial charge on any atom is -0.480 e. The first kappa shape index (κ1) is 16.2. The maximum absolute atomic E-state index is 12.7. The molecule has 0 aromatic carbocycles. The topological polar surface area (TPSA) is 90.0 Å². The van der Waals surface area contributed by atoms with Gasteiger partial charge in [0.2, 0.25) is 0 Å². The average molecular weight is 342 g/mol. The van der Waals surface area contributed by atoms with E-state index < -0.39 is 29.4 Å². The molecule has 1 unspecified atom stereocenters. The molecule has 2 aromatic heterocycles. The molecule has 0 amide bonds. The molecule has 0 fully saturated rings. The van der Waals surface area contributed by atoms with Crippen LogP contribution < -0.4 is 5.69 Å². The van der Waals surface area contributed by atoms with Gasteiger partial charge in [0, 0.05) is 12.6 Å². The minimum absolute atomic E-state index is 0.0225. The number of alkyl halides is 3. The standard InChI is InChI=1S/C14H13F3N4O3/c15-14(16,17)8-4-5-18-9(6-8)7-20-13(24)21-10(12(22)23)2-1-3-11(21)19-20/h4-6,10H,1-3,7H2,(H,22,23). The largest absolute Gasteiger partial charge is 0.480 e. The molecular formula is C14H13F3N4O3. The monoisotopic (exact) mass is 342 g/mol. The van der Waals surface area contributed by atoms with E-state index in [2.05, 4.69) is 10.1 Å². The van der Waals surface area contributed by atoms with E-state index in [1.54, 1.807) is 0 Å². The quantitative estimate of drug-likeness (QED) is 0.912. The fourth-order valence-corrected chi connectivity index (χ4v) is 2.76. The maximum atomic E-state index is 12.7. The predicted octanol–water partition coefficient (Wildman–Crippen LogP) is 1.47. The van der Waals surface area contributed by atoms with E-state index in [0.29, 0.717) is 25.1 Å². The highest BCUT2D eigenvalue weighted by molar-refractivity contribution is 5.72. The number of nitrogens with zero attached hydrogens (tertiary/aromatic N) is 4. The lowest BCUT2D eigenvalue weighted by Crippen LogP contribution is -2.34. The molecule has 0 aliphatic carbocycles. The highest BCUT2D eigenvalue weighted by Crippen LogP contribution is 2.29. The number of rotatable bonds is 3.